The molecule has 152 valence electrons. The Labute approximate surface area is 168 Å². The Balaban J connectivity index is 2.15. The number of carbonyl (C=O) groups excluding carboxylic acids is 1. The SMILES string of the molecule is Cc1nc(Cl)c(OCC2CC2)cc1CC(NC(=O)OC(C)(C)C)C(C)(C)C. The van der Waals surface area contributed by atoms with E-state index in [4.69, 9.17) is 21.1 Å². The van der Waals surface area contributed by atoms with Crippen LogP contribution in [0.4, 0.5) is 4.79 Å². The molecule has 0 aromatic carbocycles. The summed E-state index contributed by atoms with van der Waals surface area (Å²) in [6.45, 7) is 14.5. The molecule has 0 spiro atoms. The summed E-state index contributed by atoms with van der Waals surface area (Å²) in [5.41, 5.74) is 1.17. The number of alkyl carbamates (subject to hydrolysis) is 1. The van der Waals surface area contributed by atoms with Gasteiger partial charge in [-0.15, -0.1) is 0 Å². The molecule has 1 aromatic rings. The van der Waals surface area contributed by atoms with Crippen molar-refractivity contribution in [1.82, 2.24) is 10.3 Å². The lowest BCUT2D eigenvalue weighted by atomic mass is 9.83. The number of ether oxygens (including phenoxy) is 2. The van der Waals surface area contributed by atoms with Gasteiger partial charge in [0.1, 0.15) is 5.60 Å². The summed E-state index contributed by atoms with van der Waals surface area (Å²) in [7, 11) is 0. The first-order chi connectivity index (χ1) is 12.3. The van der Waals surface area contributed by atoms with Crippen molar-refractivity contribution in [1.29, 1.82) is 0 Å². The highest BCUT2D eigenvalue weighted by Gasteiger charge is 2.30. The topological polar surface area (TPSA) is 60.5 Å². The highest BCUT2D eigenvalue weighted by atomic mass is 35.5. The van der Waals surface area contributed by atoms with E-state index in [1.807, 2.05) is 33.8 Å². The number of carbonyl (C=O) groups is 1. The Morgan fingerprint density at radius 1 is 1.30 bits per heavy atom. The minimum Gasteiger partial charge on any atom is -0.490 e. The number of hydrogen-bond donors (Lipinski definition) is 1. The Bertz CT molecular complexity index is 673. The van der Waals surface area contributed by atoms with E-state index in [0.717, 1.165) is 11.3 Å². The quantitative estimate of drug-likeness (QED) is 0.661. The number of aromatic nitrogens is 1. The van der Waals surface area contributed by atoms with Crippen LogP contribution in [0.5, 0.6) is 5.75 Å². The van der Waals surface area contributed by atoms with Gasteiger partial charge in [-0.05, 0) is 69.9 Å². The number of aryl methyl sites for hydroxylation is 1. The lowest BCUT2D eigenvalue weighted by Gasteiger charge is -2.33. The Hall–Kier alpha value is -1.49. The average molecular weight is 397 g/mol. The van der Waals surface area contributed by atoms with E-state index < -0.39 is 11.7 Å². The highest BCUT2D eigenvalue weighted by molar-refractivity contribution is 6.30. The Morgan fingerprint density at radius 2 is 1.93 bits per heavy atom. The zero-order chi connectivity index (χ0) is 20.4. The van der Waals surface area contributed by atoms with Gasteiger partial charge in [-0.25, -0.2) is 9.78 Å². The number of nitrogens with zero attached hydrogens (tertiary/aromatic N) is 1. The summed E-state index contributed by atoms with van der Waals surface area (Å²) in [6.07, 6.45) is 2.65. The van der Waals surface area contributed by atoms with Crippen LogP contribution in [0.1, 0.15) is 65.6 Å². The molecule has 1 amide bonds. The molecule has 1 fully saturated rings. The molecule has 0 bridgehead atoms. The predicted octanol–water partition coefficient (Wildman–Crippen LogP) is 5.31. The molecule has 1 heterocycles. The first kappa shape index (κ1) is 21.8. The van der Waals surface area contributed by atoms with Crippen LogP contribution >= 0.6 is 11.6 Å². The third-order valence-electron chi connectivity index (χ3n) is 4.57. The van der Waals surface area contributed by atoms with Crippen molar-refractivity contribution >= 4 is 17.7 Å². The first-order valence-electron chi connectivity index (χ1n) is 9.63. The van der Waals surface area contributed by atoms with Crippen molar-refractivity contribution in [2.24, 2.45) is 11.3 Å². The van der Waals surface area contributed by atoms with Gasteiger partial charge in [-0.2, -0.15) is 0 Å². The smallest absolute Gasteiger partial charge is 0.407 e. The Kier molecular flexibility index (Phi) is 6.67. The van der Waals surface area contributed by atoms with Gasteiger partial charge in [0, 0.05) is 11.7 Å². The second kappa shape index (κ2) is 8.26. The number of amides is 1. The van der Waals surface area contributed by atoms with Crippen molar-refractivity contribution in [3.8, 4) is 5.75 Å². The summed E-state index contributed by atoms with van der Waals surface area (Å²) < 4.78 is 11.3. The van der Waals surface area contributed by atoms with Gasteiger partial charge < -0.3 is 14.8 Å². The summed E-state index contributed by atoms with van der Waals surface area (Å²) in [6, 6.07) is 1.84. The number of hydrogen-bond acceptors (Lipinski definition) is 4. The van der Waals surface area contributed by atoms with Crippen LogP contribution in [0.15, 0.2) is 6.07 Å². The second-order valence-electron chi connectivity index (χ2n) is 9.55. The number of halogens is 1. The van der Waals surface area contributed by atoms with Gasteiger partial charge in [0.05, 0.1) is 6.61 Å². The molecule has 1 atom stereocenters. The fourth-order valence-corrected chi connectivity index (χ4v) is 2.88. The summed E-state index contributed by atoms with van der Waals surface area (Å²) in [5, 5.41) is 3.41. The maximum atomic E-state index is 12.3. The third kappa shape index (κ3) is 7.21. The van der Waals surface area contributed by atoms with Gasteiger partial charge in [-0.3, -0.25) is 0 Å². The van der Waals surface area contributed by atoms with Crippen LogP contribution in [0, 0.1) is 18.3 Å². The molecule has 1 aromatic heterocycles. The predicted molar refractivity (Wildman–Crippen MR) is 109 cm³/mol. The van der Waals surface area contributed by atoms with Gasteiger partial charge >= 0.3 is 6.09 Å². The third-order valence-corrected chi connectivity index (χ3v) is 4.84. The van der Waals surface area contributed by atoms with Crippen LogP contribution in [-0.2, 0) is 11.2 Å². The van der Waals surface area contributed by atoms with Crippen LogP contribution in [0.25, 0.3) is 0 Å². The summed E-state index contributed by atoms with van der Waals surface area (Å²) >= 11 is 6.26. The monoisotopic (exact) mass is 396 g/mol. The standard InChI is InChI=1S/C21H33ClN2O3/c1-13-15(10-16(18(22)23-13)26-12-14-8-9-14)11-17(20(2,3)4)24-19(25)27-21(5,6)7/h10,14,17H,8-9,11-12H2,1-7H3,(H,24,25). The molecule has 1 aliphatic rings. The number of rotatable bonds is 6. The fraction of sp³-hybridized carbons (Fsp3) is 0.714. The van der Waals surface area contributed by atoms with Gasteiger partial charge in [0.2, 0.25) is 0 Å². The molecule has 0 aliphatic heterocycles. The average Bonchev–Trinajstić information content (AvgIpc) is 3.29. The fourth-order valence-electron chi connectivity index (χ4n) is 2.64. The molecule has 5 nitrogen and oxygen atoms in total. The minimum absolute atomic E-state index is 0.120. The second-order valence-corrected chi connectivity index (χ2v) is 9.90. The van der Waals surface area contributed by atoms with E-state index in [2.05, 4.69) is 31.1 Å². The van der Waals surface area contributed by atoms with Crippen molar-refractivity contribution in [2.45, 2.75) is 79.4 Å². The van der Waals surface area contributed by atoms with Gasteiger partial charge in [0.25, 0.3) is 0 Å². The van der Waals surface area contributed by atoms with Crippen molar-refractivity contribution in [3.63, 3.8) is 0 Å². The Morgan fingerprint density at radius 3 is 2.44 bits per heavy atom. The maximum Gasteiger partial charge on any atom is 0.407 e. The van der Waals surface area contributed by atoms with Gasteiger partial charge in [0.15, 0.2) is 10.9 Å². The minimum atomic E-state index is -0.534. The largest absolute Gasteiger partial charge is 0.490 e. The highest BCUT2D eigenvalue weighted by Crippen LogP contribution is 2.33. The lowest BCUT2D eigenvalue weighted by Crippen LogP contribution is -2.47. The van der Waals surface area contributed by atoms with E-state index in [1.165, 1.54) is 12.8 Å². The molecule has 2 rings (SSSR count). The number of pyridine rings is 1. The van der Waals surface area contributed by atoms with Crippen molar-refractivity contribution in [2.75, 3.05) is 6.61 Å². The molecular weight excluding hydrogens is 364 g/mol. The van der Waals surface area contributed by atoms with Crippen LogP contribution in [-0.4, -0.2) is 29.3 Å². The zero-order valence-electron chi connectivity index (χ0n) is 17.6. The van der Waals surface area contributed by atoms with Crippen LogP contribution in [0.3, 0.4) is 0 Å². The molecule has 1 saturated carbocycles. The molecule has 6 heteroatoms. The maximum absolute atomic E-state index is 12.3. The molecule has 0 radical (unpaired) electrons. The molecule has 1 N–H and O–H groups in total. The van der Waals surface area contributed by atoms with Crippen LogP contribution < -0.4 is 10.1 Å². The van der Waals surface area contributed by atoms with Crippen molar-refractivity contribution in [3.05, 3.63) is 22.5 Å². The molecule has 0 saturated heterocycles. The molecule has 1 aliphatic carbocycles. The molecule has 27 heavy (non-hydrogen) atoms. The first-order valence-corrected chi connectivity index (χ1v) is 10.0. The van der Waals surface area contributed by atoms with E-state index in [0.29, 0.717) is 29.8 Å². The summed E-state index contributed by atoms with van der Waals surface area (Å²) in [4.78, 5) is 16.7. The molecule has 1 unspecified atom stereocenters. The van der Waals surface area contributed by atoms with E-state index in [9.17, 15) is 4.79 Å². The lowest BCUT2D eigenvalue weighted by molar-refractivity contribution is 0.0464. The normalized spacial score (nSPS) is 16.0. The van der Waals surface area contributed by atoms with Gasteiger partial charge in [-0.1, -0.05) is 32.4 Å². The van der Waals surface area contributed by atoms with Crippen LogP contribution in [0.2, 0.25) is 5.15 Å². The molecular formula is C21H33ClN2O3. The zero-order valence-corrected chi connectivity index (χ0v) is 18.4. The summed E-state index contributed by atoms with van der Waals surface area (Å²) in [5.74, 6) is 1.26. The number of nitrogens with one attached hydrogen (secondary N) is 1. The van der Waals surface area contributed by atoms with Crippen molar-refractivity contribution < 1.29 is 14.3 Å². The van der Waals surface area contributed by atoms with E-state index >= 15 is 0 Å². The van der Waals surface area contributed by atoms with E-state index in [-0.39, 0.29) is 11.5 Å². The van der Waals surface area contributed by atoms with E-state index in [1.54, 1.807) is 0 Å².